The predicted octanol–water partition coefficient (Wildman–Crippen LogP) is 3.08. The minimum Gasteiger partial charge on any atom is -0.494 e. The van der Waals surface area contributed by atoms with Crippen molar-refractivity contribution in [2.45, 2.75) is 12.5 Å². The number of halogens is 3. The molecular weight excluding hydrogens is 508 g/mol. The number of aliphatic hydroxyl groups is 1. The fourth-order valence-electron chi connectivity index (χ4n) is 4.16. The summed E-state index contributed by atoms with van der Waals surface area (Å²) in [4.78, 5) is 31.4. The van der Waals surface area contributed by atoms with Crippen molar-refractivity contribution in [2.75, 3.05) is 38.6 Å². The molecule has 1 atom stereocenters. The van der Waals surface area contributed by atoms with Crippen molar-refractivity contribution in [1.82, 2.24) is 19.8 Å². The number of anilines is 1. The Kier molecular flexibility index (Phi) is 8.06. The number of carbonyl (C=O) groups is 2. The van der Waals surface area contributed by atoms with Gasteiger partial charge in [0.1, 0.15) is 0 Å². The highest BCUT2D eigenvalue weighted by atomic mass is 35.5. The number of hydrogen-bond acceptors (Lipinski definition) is 6. The van der Waals surface area contributed by atoms with Gasteiger partial charge >= 0.3 is 0 Å². The second-order valence-corrected chi connectivity index (χ2v) is 9.02. The van der Waals surface area contributed by atoms with Gasteiger partial charge in [-0.25, -0.2) is 9.37 Å². The zero-order valence-corrected chi connectivity index (χ0v) is 21.0. The Morgan fingerprint density at radius 3 is 2.68 bits per heavy atom. The average molecular weight is 534 g/mol. The molecule has 1 fully saturated rings. The molecule has 1 saturated heterocycles. The van der Waals surface area contributed by atoms with Crippen LogP contribution in [0.5, 0.6) is 5.75 Å². The number of aromatic nitrogens is 2. The molecular formula is C25H26ClF2N5O4. The molecule has 4 rings (SSSR count). The Morgan fingerprint density at radius 1 is 1.22 bits per heavy atom. The Balaban J connectivity index is 1.41. The van der Waals surface area contributed by atoms with Crippen molar-refractivity contribution >= 4 is 29.1 Å². The summed E-state index contributed by atoms with van der Waals surface area (Å²) >= 11 is 6.29. The number of aliphatic hydroxyl groups excluding tert-OH is 1. The van der Waals surface area contributed by atoms with E-state index >= 15 is 0 Å². The predicted molar refractivity (Wildman–Crippen MR) is 134 cm³/mol. The SMILES string of the molecule is COc1ccc(-c2cnc(C(=O)Nc3ccc(C(=O)NCCN4CC[C@H](O)C4)c(Cl)c3)n2C)c(F)c1F. The van der Waals surface area contributed by atoms with Crippen LogP contribution in [0.1, 0.15) is 27.4 Å². The van der Waals surface area contributed by atoms with Crippen LogP contribution >= 0.6 is 11.6 Å². The molecule has 0 unspecified atom stereocenters. The van der Waals surface area contributed by atoms with Gasteiger partial charge < -0.3 is 25.0 Å². The van der Waals surface area contributed by atoms with E-state index in [4.69, 9.17) is 16.3 Å². The quantitative estimate of drug-likeness (QED) is 0.411. The summed E-state index contributed by atoms with van der Waals surface area (Å²) in [5, 5.41) is 15.2. The number of nitrogens with zero attached hydrogens (tertiary/aromatic N) is 3. The molecule has 1 aromatic heterocycles. The lowest BCUT2D eigenvalue weighted by molar-refractivity contribution is 0.0948. The lowest BCUT2D eigenvalue weighted by Gasteiger charge is -2.15. The molecule has 2 heterocycles. The summed E-state index contributed by atoms with van der Waals surface area (Å²) in [6, 6.07) is 7.09. The highest BCUT2D eigenvalue weighted by Crippen LogP contribution is 2.30. The molecule has 0 radical (unpaired) electrons. The molecule has 0 saturated carbocycles. The minimum absolute atomic E-state index is 0.0457. The molecule has 1 aliphatic rings. The number of ether oxygens (including phenoxy) is 1. The molecule has 2 aromatic carbocycles. The first kappa shape index (κ1) is 26.5. The number of hydrogen-bond donors (Lipinski definition) is 3. The summed E-state index contributed by atoms with van der Waals surface area (Å²) in [5.41, 5.74) is 0.686. The van der Waals surface area contributed by atoms with Crippen molar-refractivity contribution in [2.24, 2.45) is 7.05 Å². The summed E-state index contributed by atoms with van der Waals surface area (Å²) in [7, 11) is 2.74. The number of imidazole rings is 1. The standard InChI is InChI=1S/C25H26ClF2N5O4/c1-32-19(17-5-6-20(37-2)22(28)21(17)27)12-30-23(32)25(36)31-14-3-4-16(18(26)11-14)24(35)29-8-10-33-9-7-15(34)13-33/h3-6,11-12,15,34H,7-10,13H2,1-2H3,(H,29,35)(H,31,36)/t15-/m0/s1. The van der Waals surface area contributed by atoms with Crippen LogP contribution in [0.2, 0.25) is 5.02 Å². The van der Waals surface area contributed by atoms with Crippen molar-refractivity contribution in [3.63, 3.8) is 0 Å². The summed E-state index contributed by atoms with van der Waals surface area (Å²) < 4.78 is 34.8. The molecule has 196 valence electrons. The Hall–Kier alpha value is -3.54. The number of nitrogens with one attached hydrogen (secondary N) is 2. The lowest BCUT2D eigenvalue weighted by atomic mass is 10.1. The Morgan fingerprint density at radius 2 is 2.00 bits per heavy atom. The van der Waals surface area contributed by atoms with E-state index in [9.17, 15) is 23.5 Å². The molecule has 3 aromatic rings. The average Bonchev–Trinajstić information content (AvgIpc) is 3.45. The Labute approximate surface area is 217 Å². The fourth-order valence-corrected chi connectivity index (χ4v) is 4.43. The van der Waals surface area contributed by atoms with Crippen molar-refractivity contribution in [1.29, 1.82) is 0 Å². The topological polar surface area (TPSA) is 109 Å². The summed E-state index contributed by atoms with van der Waals surface area (Å²) in [5.74, 6) is -3.50. The molecule has 3 N–H and O–H groups in total. The van der Waals surface area contributed by atoms with E-state index in [1.807, 2.05) is 0 Å². The second-order valence-electron chi connectivity index (χ2n) is 8.62. The van der Waals surface area contributed by atoms with Gasteiger partial charge in [-0.05, 0) is 36.8 Å². The molecule has 2 amide bonds. The molecule has 9 nitrogen and oxygen atoms in total. The van der Waals surface area contributed by atoms with Crippen LogP contribution in [0.15, 0.2) is 36.5 Å². The molecule has 37 heavy (non-hydrogen) atoms. The van der Waals surface area contributed by atoms with Crippen molar-refractivity contribution in [3.05, 3.63) is 64.6 Å². The highest BCUT2D eigenvalue weighted by molar-refractivity contribution is 6.34. The summed E-state index contributed by atoms with van der Waals surface area (Å²) in [6.45, 7) is 2.40. The Bertz CT molecular complexity index is 1330. The van der Waals surface area contributed by atoms with Crippen molar-refractivity contribution < 1.29 is 28.2 Å². The third-order valence-corrected chi connectivity index (χ3v) is 6.48. The summed E-state index contributed by atoms with van der Waals surface area (Å²) in [6.07, 6.45) is 1.67. The number of methoxy groups -OCH3 is 1. The van der Waals surface area contributed by atoms with Crippen LogP contribution in [0.3, 0.4) is 0 Å². The minimum atomic E-state index is -1.14. The van der Waals surface area contributed by atoms with E-state index < -0.39 is 17.5 Å². The van der Waals surface area contributed by atoms with E-state index in [-0.39, 0.29) is 45.4 Å². The monoisotopic (exact) mass is 533 g/mol. The van der Waals surface area contributed by atoms with E-state index in [0.29, 0.717) is 25.3 Å². The highest BCUT2D eigenvalue weighted by Gasteiger charge is 2.22. The van der Waals surface area contributed by atoms with Gasteiger partial charge in [0.15, 0.2) is 17.4 Å². The van der Waals surface area contributed by atoms with Crippen LogP contribution in [-0.4, -0.2) is 70.8 Å². The number of rotatable bonds is 8. The first-order valence-electron chi connectivity index (χ1n) is 11.5. The normalized spacial score (nSPS) is 15.6. The zero-order valence-electron chi connectivity index (χ0n) is 20.2. The largest absolute Gasteiger partial charge is 0.494 e. The van der Waals surface area contributed by atoms with E-state index in [2.05, 4.69) is 20.5 Å². The van der Waals surface area contributed by atoms with E-state index in [1.54, 1.807) is 0 Å². The van der Waals surface area contributed by atoms with E-state index in [0.717, 1.165) is 13.0 Å². The van der Waals surface area contributed by atoms with Crippen LogP contribution in [0.4, 0.5) is 14.5 Å². The maximum Gasteiger partial charge on any atom is 0.291 e. The van der Waals surface area contributed by atoms with Crippen molar-refractivity contribution in [3.8, 4) is 17.0 Å². The number of amides is 2. The van der Waals surface area contributed by atoms with E-state index in [1.165, 1.54) is 55.3 Å². The maximum absolute atomic E-state index is 14.5. The van der Waals surface area contributed by atoms with Crippen LogP contribution in [0.25, 0.3) is 11.3 Å². The number of likely N-dealkylation sites (tertiary alicyclic amines) is 1. The van der Waals surface area contributed by atoms with Crippen LogP contribution in [-0.2, 0) is 7.05 Å². The van der Waals surface area contributed by atoms with Gasteiger partial charge in [0.25, 0.3) is 11.8 Å². The third kappa shape index (κ3) is 5.74. The van der Waals surface area contributed by atoms with Gasteiger partial charge in [0.2, 0.25) is 5.82 Å². The van der Waals surface area contributed by atoms with Gasteiger partial charge in [-0.2, -0.15) is 4.39 Å². The first-order chi connectivity index (χ1) is 17.7. The van der Waals surface area contributed by atoms with Crippen LogP contribution in [0, 0.1) is 11.6 Å². The molecule has 0 spiro atoms. The molecule has 0 bridgehead atoms. The van der Waals surface area contributed by atoms with Gasteiger partial charge in [0.05, 0.1) is 35.7 Å². The zero-order chi connectivity index (χ0) is 26.7. The molecule has 12 heteroatoms. The maximum atomic E-state index is 14.5. The smallest absolute Gasteiger partial charge is 0.291 e. The molecule has 1 aliphatic heterocycles. The van der Waals surface area contributed by atoms with Gasteiger partial charge in [-0.15, -0.1) is 0 Å². The molecule has 0 aliphatic carbocycles. The fraction of sp³-hybridized carbons (Fsp3) is 0.320. The number of β-amino-alcohol motifs (C(OH)–C–C–N with tert-alkyl or cyclic N) is 1. The van der Waals surface area contributed by atoms with Gasteiger partial charge in [-0.1, -0.05) is 11.6 Å². The number of carbonyl (C=O) groups excluding carboxylic acids is 2. The second kappa shape index (κ2) is 11.2. The van der Waals surface area contributed by atoms with Gasteiger partial charge in [-0.3, -0.25) is 14.5 Å². The third-order valence-electron chi connectivity index (χ3n) is 6.17. The first-order valence-corrected chi connectivity index (χ1v) is 11.9. The van der Waals surface area contributed by atoms with Crippen LogP contribution < -0.4 is 15.4 Å². The lowest BCUT2D eigenvalue weighted by Crippen LogP contribution is -2.34. The van der Waals surface area contributed by atoms with Gasteiger partial charge in [0, 0.05) is 44.5 Å². The number of benzene rings is 2.